The van der Waals surface area contributed by atoms with Gasteiger partial charge in [0, 0.05) is 5.56 Å². The Morgan fingerprint density at radius 1 is 1.65 bits per heavy atom. The molecule has 2 rings (SSSR count). The van der Waals surface area contributed by atoms with Gasteiger partial charge in [0.25, 0.3) is 5.78 Å². The van der Waals surface area contributed by atoms with Crippen LogP contribution >= 0.6 is 11.6 Å². The van der Waals surface area contributed by atoms with Gasteiger partial charge in [0.05, 0.1) is 7.11 Å². The minimum absolute atomic E-state index is 0.0205. The average Bonchev–Trinajstić information content (AvgIpc) is 2.76. The van der Waals surface area contributed by atoms with E-state index in [1.807, 2.05) is 0 Å². The Kier molecular flexibility index (Phi) is 3.10. The molecule has 0 aromatic carbocycles. The molecule has 90 valence electrons. The van der Waals surface area contributed by atoms with Crippen molar-refractivity contribution < 1.29 is 9.53 Å². The molecule has 17 heavy (non-hydrogen) atoms. The van der Waals surface area contributed by atoms with Crippen LogP contribution in [-0.4, -0.2) is 39.2 Å². The van der Waals surface area contributed by atoms with Crippen molar-refractivity contribution in [2.75, 3.05) is 19.0 Å². The minimum atomic E-state index is -0.384. The summed E-state index contributed by atoms with van der Waals surface area (Å²) in [6, 6.07) is 0. The van der Waals surface area contributed by atoms with Gasteiger partial charge >= 0.3 is 5.97 Å². The van der Waals surface area contributed by atoms with E-state index in [4.69, 9.17) is 11.6 Å². The summed E-state index contributed by atoms with van der Waals surface area (Å²) >= 11 is 5.95. The smallest absolute Gasteiger partial charge is 0.325 e. The number of nitrogens with one attached hydrogen (secondary N) is 1. The molecule has 0 amide bonds. The lowest BCUT2D eigenvalue weighted by molar-refractivity contribution is -0.138. The number of ether oxygens (including phenoxy) is 1. The molecule has 0 bridgehead atoms. The largest absolute Gasteiger partial charge is 0.468 e. The standard InChI is InChI=1S/C9H10ClN5O2/c1-5-7(10)14-9-12-4-13-15(9)8(5)11-3-6(16)17-2/h4,11H,3H2,1-2H3. The highest BCUT2D eigenvalue weighted by molar-refractivity contribution is 6.30. The number of anilines is 1. The molecule has 1 N–H and O–H groups in total. The summed E-state index contributed by atoms with van der Waals surface area (Å²) in [6.07, 6.45) is 1.36. The molecule has 0 fully saturated rings. The van der Waals surface area contributed by atoms with E-state index in [1.165, 1.54) is 18.0 Å². The second kappa shape index (κ2) is 4.54. The van der Waals surface area contributed by atoms with E-state index >= 15 is 0 Å². The number of fused-ring (bicyclic) bond motifs is 1. The number of hydrogen-bond donors (Lipinski definition) is 1. The van der Waals surface area contributed by atoms with Crippen molar-refractivity contribution >= 4 is 29.2 Å². The molecular formula is C9H10ClN5O2. The summed E-state index contributed by atoms with van der Waals surface area (Å²) in [5, 5.41) is 7.21. The van der Waals surface area contributed by atoms with E-state index < -0.39 is 0 Å². The first-order valence-electron chi connectivity index (χ1n) is 4.80. The molecule has 7 nitrogen and oxygen atoms in total. The topological polar surface area (TPSA) is 81.4 Å². The highest BCUT2D eigenvalue weighted by Crippen LogP contribution is 2.21. The van der Waals surface area contributed by atoms with Crippen LogP contribution in [0.1, 0.15) is 5.56 Å². The zero-order chi connectivity index (χ0) is 12.4. The van der Waals surface area contributed by atoms with E-state index in [-0.39, 0.29) is 12.5 Å². The molecule has 0 atom stereocenters. The molecule has 8 heteroatoms. The first-order valence-corrected chi connectivity index (χ1v) is 5.17. The second-order valence-corrected chi connectivity index (χ2v) is 3.64. The van der Waals surface area contributed by atoms with E-state index in [1.54, 1.807) is 6.92 Å². The Bertz CT molecular complexity index is 568. The Morgan fingerprint density at radius 2 is 2.41 bits per heavy atom. The van der Waals surface area contributed by atoms with Crippen LogP contribution in [0, 0.1) is 6.92 Å². The van der Waals surface area contributed by atoms with Crippen molar-refractivity contribution in [1.29, 1.82) is 0 Å². The summed E-state index contributed by atoms with van der Waals surface area (Å²) < 4.78 is 6.02. The van der Waals surface area contributed by atoms with E-state index in [9.17, 15) is 4.79 Å². The number of rotatable bonds is 3. The second-order valence-electron chi connectivity index (χ2n) is 3.28. The van der Waals surface area contributed by atoms with E-state index in [0.29, 0.717) is 22.3 Å². The number of hydrogen-bond acceptors (Lipinski definition) is 6. The Balaban J connectivity index is 2.40. The molecule has 0 unspecified atom stereocenters. The normalized spacial score (nSPS) is 10.5. The first kappa shape index (κ1) is 11.6. The molecule has 0 aliphatic rings. The van der Waals surface area contributed by atoms with Crippen LogP contribution in [0.15, 0.2) is 6.33 Å². The lowest BCUT2D eigenvalue weighted by Gasteiger charge is -2.10. The van der Waals surface area contributed by atoms with Crippen molar-refractivity contribution in [2.24, 2.45) is 0 Å². The van der Waals surface area contributed by atoms with Crippen LogP contribution in [0.4, 0.5) is 5.82 Å². The molecule has 0 spiro atoms. The molecule has 0 aliphatic heterocycles. The van der Waals surface area contributed by atoms with Crippen molar-refractivity contribution in [3.05, 3.63) is 17.0 Å². The van der Waals surface area contributed by atoms with Crippen LogP contribution in [0.2, 0.25) is 5.15 Å². The Hall–Kier alpha value is -1.89. The number of carbonyl (C=O) groups is 1. The zero-order valence-electron chi connectivity index (χ0n) is 9.27. The van der Waals surface area contributed by atoms with Crippen molar-refractivity contribution in [3.63, 3.8) is 0 Å². The van der Waals surface area contributed by atoms with Crippen LogP contribution in [0.5, 0.6) is 0 Å². The van der Waals surface area contributed by atoms with Gasteiger partial charge in [-0.15, -0.1) is 0 Å². The fraction of sp³-hybridized carbons (Fsp3) is 0.333. The van der Waals surface area contributed by atoms with Gasteiger partial charge < -0.3 is 10.1 Å². The van der Waals surface area contributed by atoms with Gasteiger partial charge in [0.15, 0.2) is 0 Å². The van der Waals surface area contributed by atoms with Crippen molar-refractivity contribution in [1.82, 2.24) is 19.6 Å². The molecule has 0 radical (unpaired) electrons. The van der Waals surface area contributed by atoms with Gasteiger partial charge in [-0.25, -0.2) is 0 Å². The number of carbonyl (C=O) groups excluding carboxylic acids is 1. The van der Waals surface area contributed by atoms with Crippen molar-refractivity contribution in [3.8, 4) is 0 Å². The highest BCUT2D eigenvalue weighted by atomic mass is 35.5. The van der Waals surface area contributed by atoms with Crippen LogP contribution in [0.25, 0.3) is 5.78 Å². The summed E-state index contributed by atoms with van der Waals surface area (Å²) in [6.45, 7) is 1.79. The average molecular weight is 256 g/mol. The maximum atomic E-state index is 11.1. The minimum Gasteiger partial charge on any atom is -0.468 e. The van der Waals surface area contributed by atoms with Crippen LogP contribution < -0.4 is 5.32 Å². The third-order valence-corrected chi connectivity index (χ3v) is 2.60. The summed E-state index contributed by atoms with van der Waals surface area (Å²) in [4.78, 5) is 19.0. The number of nitrogens with zero attached hydrogens (tertiary/aromatic N) is 4. The van der Waals surface area contributed by atoms with Gasteiger partial charge in [-0.2, -0.15) is 19.6 Å². The first-order chi connectivity index (χ1) is 8.13. The summed E-state index contributed by atoms with van der Waals surface area (Å²) in [7, 11) is 1.32. The summed E-state index contributed by atoms with van der Waals surface area (Å²) in [5.74, 6) is 0.557. The lowest BCUT2D eigenvalue weighted by Crippen LogP contribution is -2.18. The highest BCUT2D eigenvalue weighted by Gasteiger charge is 2.12. The molecule has 2 aromatic rings. The SMILES string of the molecule is COC(=O)CNc1c(C)c(Cl)nc2ncnn12. The Labute approximate surface area is 102 Å². The third-order valence-electron chi connectivity index (χ3n) is 2.23. The lowest BCUT2D eigenvalue weighted by atomic mass is 10.3. The predicted molar refractivity (Wildman–Crippen MR) is 61.0 cm³/mol. The maximum absolute atomic E-state index is 11.1. The van der Waals surface area contributed by atoms with Crippen LogP contribution in [0.3, 0.4) is 0 Å². The molecule has 2 aromatic heterocycles. The Morgan fingerprint density at radius 3 is 3.12 bits per heavy atom. The monoisotopic (exact) mass is 255 g/mol. The number of aromatic nitrogens is 4. The van der Waals surface area contributed by atoms with E-state index in [0.717, 1.165) is 0 Å². The maximum Gasteiger partial charge on any atom is 0.325 e. The van der Waals surface area contributed by atoms with Gasteiger partial charge in [-0.1, -0.05) is 11.6 Å². The third kappa shape index (κ3) is 2.14. The van der Waals surface area contributed by atoms with E-state index in [2.05, 4.69) is 25.1 Å². The molecule has 2 heterocycles. The quantitative estimate of drug-likeness (QED) is 0.641. The van der Waals surface area contributed by atoms with Crippen molar-refractivity contribution in [2.45, 2.75) is 6.92 Å². The van der Waals surface area contributed by atoms with Gasteiger partial charge in [0.1, 0.15) is 23.8 Å². The zero-order valence-corrected chi connectivity index (χ0v) is 10.0. The fourth-order valence-electron chi connectivity index (χ4n) is 1.33. The number of esters is 1. The van der Waals surface area contributed by atoms with Crippen LogP contribution in [-0.2, 0) is 9.53 Å². The number of halogens is 1. The molecule has 0 saturated carbocycles. The van der Waals surface area contributed by atoms with Gasteiger partial charge in [0.2, 0.25) is 0 Å². The van der Waals surface area contributed by atoms with Gasteiger partial charge in [-0.05, 0) is 6.92 Å². The fourth-order valence-corrected chi connectivity index (χ4v) is 1.50. The molecule has 0 saturated heterocycles. The van der Waals surface area contributed by atoms with Gasteiger partial charge in [-0.3, -0.25) is 4.79 Å². The predicted octanol–water partition coefficient (Wildman–Crippen LogP) is 0.671. The molecular weight excluding hydrogens is 246 g/mol. The number of methoxy groups -OCH3 is 1. The molecule has 0 aliphatic carbocycles. The summed E-state index contributed by atoms with van der Waals surface area (Å²) in [5.41, 5.74) is 0.688.